The summed E-state index contributed by atoms with van der Waals surface area (Å²) >= 11 is 0. The maximum atomic E-state index is 11.7. The van der Waals surface area contributed by atoms with E-state index in [4.69, 9.17) is 4.74 Å². The molecule has 2 rings (SSSR count). The molecule has 0 aromatic heterocycles. The first kappa shape index (κ1) is 11.2. The fourth-order valence-corrected chi connectivity index (χ4v) is 2.35. The van der Waals surface area contributed by atoms with Gasteiger partial charge in [-0.05, 0) is 12.0 Å². The van der Waals surface area contributed by atoms with E-state index in [0.717, 1.165) is 12.0 Å². The number of hydrogen-bond acceptors (Lipinski definition) is 2. The summed E-state index contributed by atoms with van der Waals surface area (Å²) in [6.45, 7) is 2.77. The Bertz CT molecular complexity index is 345. The molecule has 2 atom stereocenters. The van der Waals surface area contributed by atoms with E-state index in [1.165, 1.54) is 12.8 Å². The number of carbonyl (C=O) groups is 1. The topological polar surface area (TPSA) is 26.3 Å². The third-order valence-corrected chi connectivity index (χ3v) is 3.25. The Morgan fingerprint density at radius 1 is 1.31 bits per heavy atom. The van der Waals surface area contributed by atoms with Crippen molar-refractivity contribution >= 4 is 5.97 Å². The van der Waals surface area contributed by atoms with Crippen LogP contribution in [0.25, 0.3) is 0 Å². The molecule has 86 valence electrons. The van der Waals surface area contributed by atoms with E-state index in [9.17, 15) is 4.79 Å². The van der Waals surface area contributed by atoms with Crippen molar-refractivity contribution in [2.45, 2.75) is 32.1 Å². The smallest absolute Gasteiger partial charge is 0.313 e. The summed E-state index contributed by atoms with van der Waals surface area (Å²) in [6.07, 6.45) is 3.43. The van der Waals surface area contributed by atoms with Crippen molar-refractivity contribution in [1.29, 1.82) is 0 Å². The lowest BCUT2D eigenvalue weighted by molar-refractivity contribution is -0.139. The Morgan fingerprint density at radius 3 is 2.75 bits per heavy atom. The highest BCUT2D eigenvalue weighted by molar-refractivity contribution is 5.80. The third kappa shape index (κ3) is 2.26. The van der Waals surface area contributed by atoms with E-state index in [0.29, 0.717) is 12.5 Å². The summed E-state index contributed by atoms with van der Waals surface area (Å²) in [5.41, 5.74) is 1.10. The van der Waals surface area contributed by atoms with Crippen molar-refractivity contribution in [2.75, 3.05) is 6.61 Å². The molecule has 0 amide bonds. The van der Waals surface area contributed by atoms with Gasteiger partial charge in [0.15, 0.2) is 0 Å². The highest BCUT2D eigenvalue weighted by Crippen LogP contribution is 2.35. The fourth-order valence-electron chi connectivity index (χ4n) is 2.35. The van der Waals surface area contributed by atoms with Crippen LogP contribution in [0, 0.1) is 5.92 Å². The quantitative estimate of drug-likeness (QED) is 0.726. The molecule has 0 bridgehead atoms. The molecule has 1 heterocycles. The second kappa shape index (κ2) is 5.15. The molecule has 0 spiro atoms. The molecule has 0 radical (unpaired) electrons. The second-order valence-electron chi connectivity index (χ2n) is 4.42. The van der Waals surface area contributed by atoms with Crippen LogP contribution in [0.4, 0.5) is 0 Å². The molecular formula is C14H18O2. The van der Waals surface area contributed by atoms with Crippen molar-refractivity contribution in [3.05, 3.63) is 35.9 Å². The zero-order valence-corrected chi connectivity index (χ0v) is 9.69. The molecule has 1 aliphatic rings. The standard InChI is InChI=1S/C14H18O2/c1-2-3-7-12-10-16-14(15)13(12)11-8-5-4-6-9-11/h4-6,8-9,12-13H,2-3,7,10H2,1H3. The summed E-state index contributed by atoms with van der Waals surface area (Å²) < 4.78 is 5.19. The molecule has 1 aromatic carbocycles. The maximum absolute atomic E-state index is 11.7. The van der Waals surface area contributed by atoms with Crippen LogP contribution in [0.5, 0.6) is 0 Å². The number of rotatable bonds is 4. The summed E-state index contributed by atoms with van der Waals surface area (Å²) in [6, 6.07) is 9.99. The SMILES string of the molecule is CCCCC1COC(=O)C1c1ccccc1. The van der Waals surface area contributed by atoms with Gasteiger partial charge < -0.3 is 4.74 Å². The fraction of sp³-hybridized carbons (Fsp3) is 0.500. The van der Waals surface area contributed by atoms with Crippen LogP contribution >= 0.6 is 0 Å². The molecule has 1 fully saturated rings. The van der Waals surface area contributed by atoms with Crippen LogP contribution in [-0.4, -0.2) is 12.6 Å². The second-order valence-corrected chi connectivity index (χ2v) is 4.42. The van der Waals surface area contributed by atoms with Crippen LogP contribution in [0.15, 0.2) is 30.3 Å². The number of cyclic esters (lactones) is 1. The predicted molar refractivity (Wildman–Crippen MR) is 63.2 cm³/mol. The number of esters is 1. The summed E-state index contributed by atoms with van der Waals surface area (Å²) in [7, 11) is 0. The average Bonchev–Trinajstić information content (AvgIpc) is 2.69. The van der Waals surface area contributed by atoms with Gasteiger partial charge in [-0.2, -0.15) is 0 Å². The first-order valence-electron chi connectivity index (χ1n) is 6.04. The molecule has 0 saturated carbocycles. The van der Waals surface area contributed by atoms with Gasteiger partial charge in [-0.3, -0.25) is 4.79 Å². The largest absolute Gasteiger partial charge is 0.465 e. The number of benzene rings is 1. The lowest BCUT2D eigenvalue weighted by Gasteiger charge is -2.14. The Kier molecular flexibility index (Phi) is 3.60. The minimum Gasteiger partial charge on any atom is -0.465 e. The van der Waals surface area contributed by atoms with E-state index >= 15 is 0 Å². The molecule has 2 heteroatoms. The molecule has 2 nitrogen and oxygen atoms in total. The summed E-state index contributed by atoms with van der Waals surface area (Å²) in [4.78, 5) is 11.7. The monoisotopic (exact) mass is 218 g/mol. The zero-order valence-electron chi connectivity index (χ0n) is 9.69. The molecule has 1 aromatic rings. The number of ether oxygens (including phenoxy) is 1. The zero-order chi connectivity index (χ0) is 11.4. The predicted octanol–water partition coefficient (Wildman–Crippen LogP) is 3.13. The minimum atomic E-state index is -0.0488. The molecule has 1 saturated heterocycles. The highest BCUT2D eigenvalue weighted by atomic mass is 16.5. The van der Waals surface area contributed by atoms with Crippen molar-refractivity contribution < 1.29 is 9.53 Å². The average molecular weight is 218 g/mol. The van der Waals surface area contributed by atoms with E-state index < -0.39 is 0 Å². The molecular weight excluding hydrogens is 200 g/mol. The van der Waals surface area contributed by atoms with Gasteiger partial charge in [0.1, 0.15) is 0 Å². The van der Waals surface area contributed by atoms with Crippen LogP contribution in [0.1, 0.15) is 37.7 Å². The van der Waals surface area contributed by atoms with Gasteiger partial charge in [-0.25, -0.2) is 0 Å². The Hall–Kier alpha value is -1.31. The summed E-state index contributed by atoms with van der Waals surface area (Å²) in [5.74, 6) is 0.287. The van der Waals surface area contributed by atoms with Crippen LogP contribution in [0.3, 0.4) is 0 Å². The van der Waals surface area contributed by atoms with E-state index in [1.807, 2.05) is 30.3 Å². The van der Waals surface area contributed by atoms with Crippen LogP contribution < -0.4 is 0 Å². The van der Waals surface area contributed by atoms with Gasteiger partial charge in [0.05, 0.1) is 12.5 Å². The lowest BCUT2D eigenvalue weighted by atomic mass is 9.85. The summed E-state index contributed by atoms with van der Waals surface area (Å²) in [5, 5.41) is 0. The van der Waals surface area contributed by atoms with E-state index in [1.54, 1.807) is 0 Å². The Labute approximate surface area is 96.6 Å². The Morgan fingerprint density at radius 2 is 2.06 bits per heavy atom. The van der Waals surface area contributed by atoms with E-state index in [-0.39, 0.29) is 11.9 Å². The number of unbranched alkanes of at least 4 members (excludes halogenated alkanes) is 1. The van der Waals surface area contributed by atoms with Crippen molar-refractivity contribution in [3.63, 3.8) is 0 Å². The third-order valence-electron chi connectivity index (χ3n) is 3.25. The number of carbonyl (C=O) groups excluding carboxylic acids is 1. The van der Waals surface area contributed by atoms with Crippen LogP contribution in [-0.2, 0) is 9.53 Å². The maximum Gasteiger partial charge on any atom is 0.313 e. The van der Waals surface area contributed by atoms with Gasteiger partial charge in [0.25, 0.3) is 0 Å². The van der Waals surface area contributed by atoms with Crippen LogP contribution in [0.2, 0.25) is 0 Å². The van der Waals surface area contributed by atoms with Gasteiger partial charge in [0.2, 0.25) is 0 Å². The normalized spacial score (nSPS) is 24.4. The highest BCUT2D eigenvalue weighted by Gasteiger charge is 2.37. The molecule has 0 N–H and O–H groups in total. The molecule has 0 aliphatic carbocycles. The first-order chi connectivity index (χ1) is 7.83. The van der Waals surface area contributed by atoms with Crippen molar-refractivity contribution in [2.24, 2.45) is 5.92 Å². The molecule has 16 heavy (non-hydrogen) atoms. The first-order valence-corrected chi connectivity index (χ1v) is 6.04. The number of hydrogen-bond donors (Lipinski definition) is 0. The van der Waals surface area contributed by atoms with Gasteiger partial charge >= 0.3 is 5.97 Å². The van der Waals surface area contributed by atoms with Crippen molar-refractivity contribution in [1.82, 2.24) is 0 Å². The van der Waals surface area contributed by atoms with E-state index in [2.05, 4.69) is 6.92 Å². The minimum absolute atomic E-state index is 0.0345. The molecule has 1 aliphatic heterocycles. The molecule has 2 unspecified atom stereocenters. The van der Waals surface area contributed by atoms with Crippen molar-refractivity contribution in [3.8, 4) is 0 Å². The van der Waals surface area contributed by atoms with Gasteiger partial charge in [-0.1, -0.05) is 50.1 Å². The lowest BCUT2D eigenvalue weighted by Crippen LogP contribution is -2.13. The van der Waals surface area contributed by atoms with Gasteiger partial charge in [-0.15, -0.1) is 0 Å². The Balaban J connectivity index is 2.13. The van der Waals surface area contributed by atoms with Gasteiger partial charge in [0, 0.05) is 5.92 Å².